The average molecular weight is 598 g/mol. The van der Waals surface area contributed by atoms with Gasteiger partial charge >= 0.3 is 0 Å². The van der Waals surface area contributed by atoms with Gasteiger partial charge in [0.1, 0.15) is 0 Å². The van der Waals surface area contributed by atoms with Gasteiger partial charge in [0.25, 0.3) is 0 Å². The van der Waals surface area contributed by atoms with Crippen molar-refractivity contribution in [2.45, 2.75) is 0 Å². The fraction of sp³-hybridized carbons (Fsp3) is 0. The van der Waals surface area contributed by atoms with E-state index in [2.05, 4.69) is 144 Å². The van der Waals surface area contributed by atoms with Crippen LogP contribution in [0, 0.1) is 0 Å². The van der Waals surface area contributed by atoms with E-state index >= 15 is 0 Å². The number of aromatic nitrogens is 3. The van der Waals surface area contributed by atoms with Gasteiger partial charge in [-0.1, -0.05) is 140 Å². The first-order valence-electron chi connectivity index (χ1n) is 16.0. The van der Waals surface area contributed by atoms with E-state index in [0.29, 0.717) is 0 Å². The molecule has 10 aromatic rings. The van der Waals surface area contributed by atoms with Crippen LogP contribution in [0.4, 0.5) is 0 Å². The molecule has 0 fully saturated rings. The molecule has 0 bridgehead atoms. The normalized spacial score (nSPS) is 11.8. The third-order valence-corrected chi connectivity index (χ3v) is 9.56. The largest absolute Gasteiger partial charge is 0.309 e. The van der Waals surface area contributed by atoms with Crippen molar-refractivity contribution < 1.29 is 0 Å². The summed E-state index contributed by atoms with van der Waals surface area (Å²) in [6.07, 6.45) is 0. The van der Waals surface area contributed by atoms with Gasteiger partial charge in [-0.05, 0) is 51.2 Å². The van der Waals surface area contributed by atoms with E-state index in [4.69, 9.17) is 9.97 Å². The molecule has 218 valence electrons. The van der Waals surface area contributed by atoms with Gasteiger partial charge in [0, 0.05) is 38.4 Å². The molecule has 3 heteroatoms. The molecule has 8 aromatic carbocycles. The topological polar surface area (TPSA) is 30.7 Å². The Balaban J connectivity index is 1.25. The molecule has 2 heterocycles. The first-order chi connectivity index (χ1) is 23.3. The van der Waals surface area contributed by atoms with Crippen LogP contribution in [0.1, 0.15) is 0 Å². The molecule has 0 unspecified atom stereocenters. The number of hydrogen-bond donors (Lipinski definition) is 0. The second-order valence-electron chi connectivity index (χ2n) is 12.2. The molecular formula is C44H27N3. The van der Waals surface area contributed by atoms with Crippen molar-refractivity contribution in [3.63, 3.8) is 0 Å². The molecule has 47 heavy (non-hydrogen) atoms. The summed E-state index contributed by atoms with van der Waals surface area (Å²) in [4.78, 5) is 10.0. The molecule has 0 amide bonds. The van der Waals surface area contributed by atoms with E-state index in [0.717, 1.165) is 39.2 Å². The predicted octanol–water partition coefficient (Wildman–Crippen LogP) is 11.5. The summed E-state index contributed by atoms with van der Waals surface area (Å²) in [6, 6.07) is 58.4. The molecule has 0 saturated heterocycles. The number of nitrogens with zero attached hydrogens (tertiary/aromatic N) is 3. The van der Waals surface area contributed by atoms with Crippen LogP contribution < -0.4 is 0 Å². The first kappa shape index (κ1) is 26.0. The monoisotopic (exact) mass is 597 g/mol. The van der Waals surface area contributed by atoms with Crippen LogP contribution in [0.25, 0.3) is 93.4 Å². The van der Waals surface area contributed by atoms with Gasteiger partial charge in [0.15, 0.2) is 5.82 Å². The van der Waals surface area contributed by atoms with Crippen molar-refractivity contribution >= 4 is 65.0 Å². The molecule has 0 spiro atoms. The average Bonchev–Trinajstić information content (AvgIpc) is 3.50. The molecule has 0 atom stereocenters. The highest BCUT2D eigenvalue weighted by Crippen LogP contribution is 2.44. The van der Waals surface area contributed by atoms with Crippen molar-refractivity contribution in [2.75, 3.05) is 0 Å². The van der Waals surface area contributed by atoms with Crippen molar-refractivity contribution in [2.24, 2.45) is 0 Å². The highest BCUT2D eigenvalue weighted by atomic mass is 15.0. The van der Waals surface area contributed by atoms with Crippen LogP contribution in [0.3, 0.4) is 0 Å². The molecule has 0 aliphatic heterocycles. The van der Waals surface area contributed by atoms with Crippen LogP contribution >= 0.6 is 0 Å². The third kappa shape index (κ3) is 3.87. The Bertz CT molecular complexity index is 2830. The van der Waals surface area contributed by atoms with Crippen LogP contribution in [-0.2, 0) is 0 Å². The summed E-state index contributed by atoms with van der Waals surface area (Å²) >= 11 is 0. The van der Waals surface area contributed by atoms with Crippen molar-refractivity contribution in [3.05, 3.63) is 164 Å². The summed E-state index contributed by atoms with van der Waals surface area (Å²) in [6.45, 7) is 0. The highest BCUT2D eigenvalue weighted by Gasteiger charge is 2.20. The molecular weight excluding hydrogens is 571 g/mol. The van der Waals surface area contributed by atoms with Gasteiger partial charge in [0.05, 0.1) is 22.2 Å². The van der Waals surface area contributed by atoms with E-state index < -0.39 is 0 Å². The minimum atomic E-state index is 0.733. The van der Waals surface area contributed by atoms with Crippen LogP contribution in [-0.4, -0.2) is 14.5 Å². The molecule has 2 aromatic heterocycles. The molecule has 3 nitrogen and oxygen atoms in total. The Morgan fingerprint density at radius 3 is 1.87 bits per heavy atom. The van der Waals surface area contributed by atoms with Gasteiger partial charge in [-0.25, -0.2) is 9.97 Å². The quantitative estimate of drug-likeness (QED) is 0.190. The fourth-order valence-corrected chi connectivity index (χ4v) is 7.49. The number of fused-ring (bicyclic) bond motifs is 11. The van der Waals surface area contributed by atoms with E-state index in [1.54, 1.807) is 0 Å². The Labute approximate surface area is 271 Å². The van der Waals surface area contributed by atoms with Gasteiger partial charge in [-0.3, -0.25) is 0 Å². The number of rotatable bonds is 3. The summed E-state index contributed by atoms with van der Waals surface area (Å²) < 4.78 is 2.44. The molecule has 0 N–H and O–H groups in total. The lowest BCUT2D eigenvalue weighted by atomic mass is 9.93. The maximum atomic E-state index is 5.12. The Morgan fingerprint density at radius 2 is 1.04 bits per heavy atom. The summed E-state index contributed by atoms with van der Waals surface area (Å²) in [7, 11) is 0. The van der Waals surface area contributed by atoms with E-state index in [1.807, 2.05) is 24.3 Å². The second-order valence-corrected chi connectivity index (χ2v) is 12.2. The third-order valence-electron chi connectivity index (χ3n) is 9.56. The van der Waals surface area contributed by atoms with E-state index in [1.165, 1.54) is 54.1 Å². The standard InChI is InChI=1S/C44H27N3/c1-2-13-30(14-3-1)44-45-38-20-10-8-18-35(38)42(46-44)29-22-25-31(26-23-29)47-39-21-11-9-19-36(39)41-37-27-24-28-12-4-5-15-32(28)40(37)33-16-6-7-17-34(33)43(41)47/h1-27H. The smallest absolute Gasteiger partial charge is 0.160 e. The van der Waals surface area contributed by atoms with Gasteiger partial charge in [-0.15, -0.1) is 0 Å². The van der Waals surface area contributed by atoms with Gasteiger partial charge < -0.3 is 4.57 Å². The van der Waals surface area contributed by atoms with Crippen molar-refractivity contribution in [1.29, 1.82) is 0 Å². The molecule has 0 radical (unpaired) electrons. The Kier molecular flexibility index (Phi) is 5.57. The predicted molar refractivity (Wildman–Crippen MR) is 197 cm³/mol. The van der Waals surface area contributed by atoms with E-state index in [9.17, 15) is 0 Å². The molecule has 0 aliphatic rings. The summed E-state index contributed by atoms with van der Waals surface area (Å²) in [5.41, 5.74) is 7.49. The zero-order chi connectivity index (χ0) is 30.9. The lowest BCUT2D eigenvalue weighted by Crippen LogP contribution is -1.97. The first-order valence-corrected chi connectivity index (χ1v) is 16.0. The number of para-hydroxylation sites is 2. The van der Waals surface area contributed by atoms with Crippen molar-refractivity contribution in [3.8, 4) is 28.3 Å². The zero-order valence-corrected chi connectivity index (χ0v) is 25.4. The van der Waals surface area contributed by atoms with Crippen LogP contribution in [0.2, 0.25) is 0 Å². The minimum Gasteiger partial charge on any atom is -0.309 e. The van der Waals surface area contributed by atoms with E-state index in [-0.39, 0.29) is 0 Å². The minimum absolute atomic E-state index is 0.733. The summed E-state index contributed by atoms with van der Waals surface area (Å²) in [5, 5.41) is 11.3. The Hall–Kier alpha value is -6.32. The molecule has 10 rings (SSSR count). The Morgan fingerprint density at radius 1 is 0.383 bits per heavy atom. The van der Waals surface area contributed by atoms with Crippen molar-refractivity contribution in [1.82, 2.24) is 14.5 Å². The maximum absolute atomic E-state index is 5.12. The summed E-state index contributed by atoms with van der Waals surface area (Å²) in [5.74, 6) is 0.733. The zero-order valence-electron chi connectivity index (χ0n) is 25.4. The maximum Gasteiger partial charge on any atom is 0.160 e. The van der Waals surface area contributed by atoms with Gasteiger partial charge in [-0.2, -0.15) is 0 Å². The van der Waals surface area contributed by atoms with Crippen LogP contribution in [0.15, 0.2) is 164 Å². The fourth-order valence-electron chi connectivity index (χ4n) is 7.49. The molecule has 0 aliphatic carbocycles. The van der Waals surface area contributed by atoms with Crippen LogP contribution in [0.5, 0.6) is 0 Å². The lowest BCUT2D eigenvalue weighted by Gasteiger charge is -2.14. The molecule has 0 saturated carbocycles. The number of benzene rings is 8. The lowest BCUT2D eigenvalue weighted by molar-refractivity contribution is 1.18. The van der Waals surface area contributed by atoms with Gasteiger partial charge in [0.2, 0.25) is 0 Å². The number of hydrogen-bond acceptors (Lipinski definition) is 2. The SMILES string of the molecule is c1ccc(-c2nc(-c3ccc(-n4c5ccccc5c5c6ccc7ccccc7c6c6ccccc6c54)cc3)c3ccccc3n2)cc1. The highest BCUT2D eigenvalue weighted by molar-refractivity contribution is 6.36. The second kappa shape index (κ2) is 10.1.